The van der Waals surface area contributed by atoms with E-state index in [1.807, 2.05) is 18.7 Å². The lowest BCUT2D eigenvalue weighted by Gasteiger charge is -2.35. The third-order valence-electron chi connectivity index (χ3n) is 2.87. The topological polar surface area (TPSA) is 55.6 Å². The number of benzene rings is 1. The van der Waals surface area contributed by atoms with E-state index < -0.39 is 0 Å². The van der Waals surface area contributed by atoms with Crippen molar-refractivity contribution >= 4 is 27.5 Å². The molecule has 0 aliphatic carbocycles. The van der Waals surface area contributed by atoms with E-state index in [1.165, 1.54) is 0 Å². The molecule has 0 unspecified atom stereocenters. The number of amides is 1. The van der Waals surface area contributed by atoms with Crippen molar-refractivity contribution in [2.24, 2.45) is 0 Å². The molecule has 98 valence electrons. The molecule has 0 aromatic heterocycles. The van der Waals surface area contributed by atoms with Gasteiger partial charge in [-0.15, -0.1) is 0 Å². The van der Waals surface area contributed by atoms with Gasteiger partial charge < -0.3 is 15.4 Å². The zero-order valence-corrected chi connectivity index (χ0v) is 12.1. The van der Waals surface area contributed by atoms with Gasteiger partial charge in [-0.2, -0.15) is 0 Å². The Kier molecular flexibility index (Phi) is 3.92. The van der Waals surface area contributed by atoms with E-state index in [1.54, 1.807) is 18.2 Å². The fourth-order valence-electron chi connectivity index (χ4n) is 2.26. The molecule has 1 heterocycles. The number of halogens is 1. The third kappa shape index (κ3) is 3.03. The number of ether oxygens (including phenoxy) is 1. The van der Waals surface area contributed by atoms with Gasteiger partial charge in [-0.25, -0.2) is 0 Å². The van der Waals surface area contributed by atoms with Crippen LogP contribution in [-0.4, -0.2) is 36.1 Å². The van der Waals surface area contributed by atoms with Crippen LogP contribution in [0, 0.1) is 0 Å². The van der Waals surface area contributed by atoms with Gasteiger partial charge in [-0.3, -0.25) is 4.79 Å². The molecule has 2 atom stereocenters. The number of carbonyl (C=O) groups is 1. The Morgan fingerprint density at radius 2 is 1.94 bits per heavy atom. The Morgan fingerprint density at radius 1 is 1.33 bits per heavy atom. The number of nitrogen functional groups attached to an aromatic ring is 1. The van der Waals surface area contributed by atoms with Gasteiger partial charge in [0.05, 0.1) is 12.2 Å². The average molecular weight is 313 g/mol. The standard InChI is InChI=1S/C13H17BrN2O2/c1-8-6-16(7-9(2)18-8)13(17)10-3-11(14)5-12(15)4-10/h3-5,8-9H,6-7,15H2,1-2H3/t8-,9-/m1/s1. The molecular weight excluding hydrogens is 296 g/mol. The maximum Gasteiger partial charge on any atom is 0.254 e. The minimum Gasteiger partial charge on any atom is -0.399 e. The van der Waals surface area contributed by atoms with Crippen LogP contribution in [0.1, 0.15) is 24.2 Å². The molecule has 0 bridgehead atoms. The number of anilines is 1. The SMILES string of the molecule is C[C@@H]1CN(C(=O)c2cc(N)cc(Br)c2)C[C@@H](C)O1. The highest BCUT2D eigenvalue weighted by molar-refractivity contribution is 9.10. The van der Waals surface area contributed by atoms with Crippen LogP contribution in [0.15, 0.2) is 22.7 Å². The van der Waals surface area contributed by atoms with E-state index in [-0.39, 0.29) is 18.1 Å². The van der Waals surface area contributed by atoms with Crippen molar-refractivity contribution in [1.29, 1.82) is 0 Å². The van der Waals surface area contributed by atoms with Gasteiger partial charge in [0.15, 0.2) is 0 Å². The average Bonchev–Trinajstić information content (AvgIpc) is 2.25. The van der Waals surface area contributed by atoms with Crippen molar-refractivity contribution in [2.45, 2.75) is 26.1 Å². The number of hydrogen-bond donors (Lipinski definition) is 1. The normalized spacial score (nSPS) is 24.1. The monoisotopic (exact) mass is 312 g/mol. The summed E-state index contributed by atoms with van der Waals surface area (Å²) in [6.45, 7) is 5.20. The fraction of sp³-hybridized carbons (Fsp3) is 0.462. The number of nitrogens with two attached hydrogens (primary N) is 1. The molecule has 5 heteroatoms. The van der Waals surface area contributed by atoms with Crippen LogP contribution >= 0.6 is 15.9 Å². The van der Waals surface area contributed by atoms with Crippen LogP contribution in [-0.2, 0) is 4.74 Å². The number of rotatable bonds is 1. The Hall–Kier alpha value is -1.07. The first-order valence-corrected chi connectivity index (χ1v) is 6.76. The predicted molar refractivity (Wildman–Crippen MR) is 74.5 cm³/mol. The minimum absolute atomic E-state index is 0.00463. The largest absolute Gasteiger partial charge is 0.399 e. The summed E-state index contributed by atoms with van der Waals surface area (Å²) < 4.78 is 6.44. The molecule has 0 radical (unpaired) electrons. The molecule has 1 aliphatic rings. The number of nitrogens with zero attached hydrogens (tertiary/aromatic N) is 1. The van der Waals surface area contributed by atoms with Crippen LogP contribution in [0.4, 0.5) is 5.69 Å². The van der Waals surface area contributed by atoms with Gasteiger partial charge in [0.2, 0.25) is 0 Å². The van der Waals surface area contributed by atoms with E-state index in [0.717, 1.165) is 4.47 Å². The summed E-state index contributed by atoms with van der Waals surface area (Å²) in [5.41, 5.74) is 6.96. The van der Waals surface area contributed by atoms with Crippen molar-refractivity contribution < 1.29 is 9.53 Å². The lowest BCUT2D eigenvalue weighted by Crippen LogP contribution is -2.48. The van der Waals surface area contributed by atoms with E-state index in [4.69, 9.17) is 10.5 Å². The van der Waals surface area contributed by atoms with Gasteiger partial charge in [-0.1, -0.05) is 15.9 Å². The molecule has 4 nitrogen and oxygen atoms in total. The lowest BCUT2D eigenvalue weighted by molar-refractivity contribution is -0.0586. The predicted octanol–water partition coefficient (Wildman–Crippen LogP) is 2.28. The van der Waals surface area contributed by atoms with E-state index in [0.29, 0.717) is 24.3 Å². The first kappa shape index (κ1) is 13.4. The summed E-state index contributed by atoms with van der Waals surface area (Å²) in [7, 11) is 0. The summed E-state index contributed by atoms with van der Waals surface area (Å²) in [6, 6.07) is 5.28. The summed E-state index contributed by atoms with van der Waals surface area (Å²) in [4.78, 5) is 14.2. The molecule has 1 aliphatic heterocycles. The van der Waals surface area contributed by atoms with Gasteiger partial charge in [0.25, 0.3) is 5.91 Å². The zero-order chi connectivity index (χ0) is 13.3. The van der Waals surface area contributed by atoms with Crippen molar-refractivity contribution in [3.63, 3.8) is 0 Å². The van der Waals surface area contributed by atoms with Crippen molar-refractivity contribution in [1.82, 2.24) is 4.90 Å². The summed E-state index contributed by atoms with van der Waals surface area (Å²) in [5.74, 6) is 0.00463. The summed E-state index contributed by atoms with van der Waals surface area (Å²) in [6.07, 6.45) is 0.143. The van der Waals surface area contributed by atoms with E-state index in [2.05, 4.69) is 15.9 Å². The molecule has 0 spiro atoms. The molecular formula is C13H17BrN2O2. The Morgan fingerprint density at radius 3 is 2.50 bits per heavy atom. The molecule has 1 amide bonds. The first-order valence-electron chi connectivity index (χ1n) is 5.96. The maximum atomic E-state index is 12.4. The lowest BCUT2D eigenvalue weighted by atomic mass is 10.1. The Bertz CT molecular complexity index is 434. The molecule has 1 aromatic rings. The van der Waals surface area contributed by atoms with Crippen molar-refractivity contribution in [3.05, 3.63) is 28.2 Å². The number of carbonyl (C=O) groups excluding carboxylic acids is 1. The zero-order valence-electron chi connectivity index (χ0n) is 10.5. The molecule has 0 saturated carbocycles. The van der Waals surface area contributed by atoms with Crippen LogP contribution in [0.5, 0.6) is 0 Å². The molecule has 1 fully saturated rings. The van der Waals surface area contributed by atoms with Gasteiger partial charge in [-0.05, 0) is 32.0 Å². The maximum absolute atomic E-state index is 12.4. The minimum atomic E-state index is 0.00463. The third-order valence-corrected chi connectivity index (χ3v) is 3.33. The molecule has 1 aromatic carbocycles. The van der Waals surface area contributed by atoms with E-state index in [9.17, 15) is 4.79 Å². The van der Waals surface area contributed by atoms with Gasteiger partial charge >= 0.3 is 0 Å². The van der Waals surface area contributed by atoms with E-state index >= 15 is 0 Å². The van der Waals surface area contributed by atoms with Crippen LogP contribution in [0.3, 0.4) is 0 Å². The Labute approximate surface area is 115 Å². The smallest absolute Gasteiger partial charge is 0.254 e. The first-order chi connectivity index (χ1) is 8.45. The highest BCUT2D eigenvalue weighted by Gasteiger charge is 2.26. The number of hydrogen-bond acceptors (Lipinski definition) is 3. The van der Waals surface area contributed by atoms with Crippen LogP contribution < -0.4 is 5.73 Å². The fourth-order valence-corrected chi connectivity index (χ4v) is 2.77. The second-order valence-electron chi connectivity index (χ2n) is 4.74. The van der Waals surface area contributed by atoms with Crippen LogP contribution in [0.25, 0.3) is 0 Å². The molecule has 18 heavy (non-hydrogen) atoms. The quantitative estimate of drug-likeness (QED) is 0.809. The Balaban J connectivity index is 2.20. The number of morpholine rings is 1. The summed E-state index contributed by atoms with van der Waals surface area (Å²) >= 11 is 3.35. The molecule has 2 rings (SSSR count). The van der Waals surface area contributed by atoms with Crippen molar-refractivity contribution in [2.75, 3.05) is 18.8 Å². The van der Waals surface area contributed by atoms with Gasteiger partial charge in [0.1, 0.15) is 0 Å². The molecule has 2 N–H and O–H groups in total. The highest BCUT2D eigenvalue weighted by atomic mass is 79.9. The van der Waals surface area contributed by atoms with Crippen molar-refractivity contribution in [3.8, 4) is 0 Å². The van der Waals surface area contributed by atoms with Gasteiger partial charge in [0, 0.05) is 28.8 Å². The van der Waals surface area contributed by atoms with Crippen LogP contribution in [0.2, 0.25) is 0 Å². The highest BCUT2D eigenvalue weighted by Crippen LogP contribution is 2.20. The summed E-state index contributed by atoms with van der Waals surface area (Å²) in [5, 5.41) is 0. The molecule has 1 saturated heterocycles. The second-order valence-corrected chi connectivity index (χ2v) is 5.66. The second kappa shape index (κ2) is 5.28.